The third kappa shape index (κ3) is 1.90. The molecule has 17 heavy (non-hydrogen) atoms. The van der Waals surface area contributed by atoms with E-state index >= 15 is 0 Å². The SMILES string of the molecule is CC1(OC(=O)C2CC3(O)C=CC2C3)CCCC1. The Hall–Kier alpha value is -0.830. The third-order valence-electron chi connectivity index (χ3n) is 4.64. The smallest absolute Gasteiger partial charge is 0.310 e. The predicted molar refractivity (Wildman–Crippen MR) is 63.3 cm³/mol. The fourth-order valence-electron chi connectivity index (χ4n) is 3.61. The zero-order chi connectivity index (χ0) is 12.1. The molecular weight excluding hydrogens is 216 g/mol. The molecule has 2 saturated carbocycles. The molecule has 3 aliphatic carbocycles. The first-order valence-corrected chi connectivity index (χ1v) is 6.64. The number of allylic oxidation sites excluding steroid dienone is 1. The van der Waals surface area contributed by atoms with Gasteiger partial charge < -0.3 is 9.84 Å². The molecule has 2 fully saturated rings. The Balaban J connectivity index is 1.66. The van der Waals surface area contributed by atoms with Crippen LogP contribution in [0, 0.1) is 11.8 Å². The average molecular weight is 236 g/mol. The fourth-order valence-corrected chi connectivity index (χ4v) is 3.61. The van der Waals surface area contributed by atoms with Crippen LogP contribution in [-0.4, -0.2) is 22.3 Å². The van der Waals surface area contributed by atoms with Crippen LogP contribution in [0.2, 0.25) is 0 Å². The second kappa shape index (κ2) is 3.58. The Morgan fingerprint density at radius 3 is 2.59 bits per heavy atom. The molecular formula is C14H20O3. The number of carbonyl (C=O) groups excluding carboxylic acids is 1. The molecule has 0 saturated heterocycles. The summed E-state index contributed by atoms with van der Waals surface area (Å²) in [6.07, 6.45) is 9.34. The van der Waals surface area contributed by atoms with Gasteiger partial charge >= 0.3 is 5.97 Å². The summed E-state index contributed by atoms with van der Waals surface area (Å²) in [4.78, 5) is 12.2. The van der Waals surface area contributed by atoms with E-state index in [2.05, 4.69) is 0 Å². The number of ether oxygens (including phenoxy) is 1. The highest BCUT2D eigenvalue weighted by molar-refractivity contribution is 5.75. The zero-order valence-corrected chi connectivity index (χ0v) is 10.3. The molecule has 3 unspecified atom stereocenters. The van der Waals surface area contributed by atoms with E-state index in [0.29, 0.717) is 12.8 Å². The second-order valence-electron chi connectivity index (χ2n) is 6.22. The lowest BCUT2D eigenvalue weighted by Gasteiger charge is -2.28. The van der Waals surface area contributed by atoms with Gasteiger partial charge in [-0.25, -0.2) is 0 Å². The molecule has 94 valence electrons. The van der Waals surface area contributed by atoms with E-state index in [1.165, 1.54) is 0 Å². The molecule has 0 aromatic heterocycles. The number of carbonyl (C=O) groups is 1. The van der Waals surface area contributed by atoms with E-state index in [1.54, 1.807) is 0 Å². The van der Waals surface area contributed by atoms with E-state index in [0.717, 1.165) is 25.7 Å². The van der Waals surface area contributed by atoms with Crippen LogP contribution >= 0.6 is 0 Å². The lowest BCUT2D eigenvalue weighted by molar-refractivity contribution is -0.164. The largest absolute Gasteiger partial charge is 0.459 e. The molecule has 0 aromatic carbocycles. The second-order valence-corrected chi connectivity index (χ2v) is 6.22. The molecule has 3 heteroatoms. The molecule has 3 nitrogen and oxygen atoms in total. The quantitative estimate of drug-likeness (QED) is 0.590. The number of esters is 1. The van der Waals surface area contributed by atoms with Gasteiger partial charge in [0.15, 0.2) is 0 Å². The normalized spacial score (nSPS) is 42.0. The summed E-state index contributed by atoms with van der Waals surface area (Å²) in [5, 5.41) is 10.1. The molecule has 0 aromatic rings. The summed E-state index contributed by atoms with van der Waals surface area (Å²) in [6.45, 7) is 2.04. The van der Waals surface area contributed by atoms with Gasteiger partial charge in [0.25, 0.3) is 0 Å². The number of hydrogen-bond acceptors (Lipinski definition) is 3. The van der Waals surface area contributed by atoms with Crippen LogP contribution in [0.4, 0.5) is 0 Å². The summed E-state index contributed by atoms with van der Waals surface area (Å²) in [7, 11) is 0. The van der Waals surface area contributed by atoms with Crippen LogP contribution in [-0.2, 0) is 9.53 Å². The first kappa shape index (κ1) is 11.3. The first-order valence-electron chi connectivity index (χ1n) is 6.64. The summed E-state index contributed by atoms with van der Waals surface area (Å²) in [5.41, 5.74) is -0.976. The van der Waals surface area contributed by atoms with Crippen LogP contribution in [0.3, 0.4) is 0 Å². The van der Waals surface area contributed by atoms with Crippen LogP contribution in [0.5, 0.6) is 0 Å². The van der Waals surface area contributed by atoms with Crippen molar-refractivity contribution in [1.29, 1.82) is 0 Å². The van der Waals surface area contributed by atoms with Gasteiger partial charge in [0, 0.05) is 0 Å². The molecule has 3 aliphatic rings. The summed E-state index contributed by atoms with van der Waals surface area (Å²) >= 11 is 0. The standard InChI is InChI=1S/C14H20O3/c1-13(5-2-3-6-13)17-12(15)11-9-14(16)7-4-10(11)8-14/h4,7,10-11,16H,2-3,5-6,8-9H2,1H3. The molecule has 0 aliphatic heterocycles. The Bertz CT molecular complexity index is 368. The molecule has 2 bridgehead atoms. The molecule has 3 rings (SSSR count). The lowest BCUT2D eigenvalue weighted by Crippen LogP contribution is -2.34. The van der Waals surface area contributed by atoms with Crippen LogP contribution in [0.25, 0.3) is 0 Å². The van der Waals surface area contributed by atoms with Gasteiger partial charge in [-0.1, -0.05) is 12.2 Å². The van der Waals surface area contributed by atoms with E-state index in [1.807, 2.05) is 19.1 Å². The van der Waals surface area contributed by atoms with Gasteiger partial charge in [0.1, 0.15) is 5.60 Å². The minimum absolute atomic E-state index is 0.0975. The molecule has 0 heterocycles. The predicted octanol–water partition coefficient (Wildman–Crippen LogP) is 2.19. The highest BCUT2D eigenvalue weighted by Gasteiger charge is 2.50. The molecule has 0 radical (unpaired) electrons. The van der Waals surface area contributed by atoms with Gasteiger partial charge in [-0.05, 0) is 51.4 Å². The molecule has 1 N–H and O–H groups in total. The van der Waals surface area contributed by atoms with E-state index in [-0.39, 0.29) is 23.4 Å². The molecule has 0 amide bonds. The number of hydrogen-bond donors (Lipinski definition) is 1. The van der Waals surface area contributed by atoms with Crippen molar-refractivity contribution in [2.45, 2.75) is 56.7 Å². The average Bonchev–Trinajstić information content (AvgIpc) is 2.91. The summed E-state index contributed by atoms with van der Waals surface area (Å²) < 4.78 is 5.70. The summed E-state index contributed by atoms with van der Waals surface area (Å²) in [5.74, 6) is -0.0281. The first-order chi connectivity index (χ1) is 8.00. The van der Waals surface area contributed by atoms with E-state index in [4.69, 9.17) is 4.74 Å². The maximum Gasteiger partial charge on any atom is 0.310 e. The van der Waals surface area contributed by atoms with Gasteiger partial charge in [0.05, 0.1) is 11.5 Å². The zero-order valence-electron chi connectivity index (χ0n) is 10.3. The number of rotatable bonds is 2. The lowest BCUT2D eigenvalue weighted by atomic mass is 9.92. The molecule has 0 spiro atoms. The van der Waals surface area contributed by atoms with Crippen LogP contribution < -0.4 is 0 Å². The summed E-state index contributed by atoms with van der Waals surface area (Å²) in [6, 6.07) is 0. The van der Waals surface area contributed by atoms with Gasteiger partial charge in [-0.15, -0.1) is 0 Å². The van der Waals surface area contributed by atoms with Crippen molar-refractivity contribution in [3.63, 3.8) is 0 Å². The minimum atomic E-state index is -0.731. The third-order valence-corrected chi connectivity index (χ3v) is 4.64. The number of fused-ring (bicyclic) bond motifs is 2. The minimum Gasteiger partial charge on any atom is -0.459 e. The maximum atomic E-state index is 12.2. The highest BCUT2D eigenvalue weighted by Crippen LogP contribution is 2.47. The van der Waals surface area contributed by atoms with Gasteiger partial charge in [-0.2, -0.15) is 0 Å². The van der Waals surface area contributed by atoms with Crippen molar-refractivity contribution >= 4 is 5.97 Å². The van der Waals surface area contributed by atoms with Crippen molar-refractivity contribution in [2.24, 2.45) is 11.8 Å². The Kier molecular flexibility index (Phi) is 2.37. The molecule has 3 atom stereocenters. The topological polar surface area (TPSA) is 46.5 Å². The van der Waals surface area contributed by atoms with Crippen molar-refractivity contribution in [3.05, 3.63) is 12.2 Å². The van der Waals surface area contributed by atoms with Crippen LogP contribution in [0.1, 0.15) is 45.4 Å². The Labute approximate surface area is 102 Å². The Morgan fingerprint density at radius 2 is 2.06 bits per heavy atom. The monoisotopic (exact) mass is 236 g/mol. The fraction of sp³-hybridized carbons (Fsp3) is 0.786. The number of aliphatic hydroxyl groups is 1. The van der Waals surface area contributed by atoms with Crippen molar-refractivity contribution < 1.29 is 14.6 Å². The Morgan fingerprint density at radius 1 is 1.35 bits per heavy atom. The van der Waals surface area contributed by atoms with Crippen molar-refractivity contribution in [3.8, 4) is 0 Å². The highest BCUT2D eigenvalue weighted by atomic mass is 16.6. The van der Waals surface area contributed by atoms with Gasteiger partial charge in [-0.3, -0.25) is 4.79 Å². The maximum absolute atomic E-state index is 12.2. The van der Waals surface area contributed by atoms with E-state index in [9.17, 15) is 9.90 Å². The van der Waals surface area contributed by atoms with Gasteiger partial charge in [0.2, 0.25) is 0 Å². The van der Waals surface area contributed by atoms with E-state index < -0.39 is 5.60 Å². The van der Waals surface area contributed by atoms with Crippen molar-refractivity contribution in [2.75, 3.05) is 0 Å². The van der Waals surface area contributed by atoms with Crippen molar-refractivity contribution in [1.82, 2.24) is 0 Å². The van der Waals surface area contributed by atoms with Crippen LogP contribution in [0.15, 0.2) is 12.2 Å².